The predicted molar refractivity (Wildman–Crippen MR) is 73.5 cm³/mol. The zero-order valence-electron chi connectivity index (χ0n) is 11.8. The molecule has 0 aliphatic rings. The molecule has 4 heteroatoms. The van der Waals surface area contributed by atoms with Gasteiger partial charge in [-0.1, -0.05) is 27.7 Å². The number of hydrogen-bond acceptors (Lipinski definition) is 4. The van der Waals surface area contributed by atoms with E-state index in [-0.39, 0.29) is 5.41 Å². The number of anilines is 2. The van der Waals surface area contributed by atoms with Crippen LogP contribution in [0.15, 0.2) is 6.33 Å². The maximum Gasteiger partial charge on any atom is 0.134 e. The van der Waals surface area contributed by atoms with Gasteiger partial charge in [-0.05, 0) is 18.8 Å². The molecule has 0 fully saturated rings. The highest BCUT2D eigenvalue weighted by Crippen LogP contribution is 2.26. The normalized spacial score (nSPS) is 13.3. The van der Waals surface area contributed by atoms with Crippen molar-refractivity contribution in [1.29, 1.82) is 0 Å². The van der Waals surface area contributed by atoms with Crippen molar-refractivity contribution in [2.45, 2.75) is 47.1 Å². The molecule has 1 aromatic rings. The molecule has 1 atom stereocenters. The van der Waals surface area contributed by atoms with Crippen LogP contribution >= 0.6 is 0 Å². The summed E-state index contributed by atoms with van der Waals surface area (Å²) in [5.74, 6) is 1.85. The van der Waals surface area contributed by atoms with E-state index in [2.05, 4.69) is 55.2 Å². The first-order valence-corrected chi connectivity index (χ1v) is 6.18. The lowest BCUT2D eigenvalue weighted by atomic mass is 9.88. The molecule has 1 heterocycles. The molecule has 0 spiro atoms. The van der Waals surface area contributed by atoms with Crippen LogP contribution in [0.1, 0.15) is 40.2 Å². The van der Waals surface area contributed by atoms with Crippen molar-refractivity contribution in [2.75, 3.05) is 17.7 Å². The molecule has 0 saturated heterocycles. The molecular weight excluding hydrogens is 212 g/mol. The zero-order valence-corrected chi connectivity index (χ0v) is 11.8. The van der Waals surface area contributed by atoms with Crippen molar-refractivity contribution in [2.24, 2.45) is 5.41 Å². The van der Waals surface area contributed by atoms with Gasteiger partial charge >= 0.3 is 0 Å². The third kappa shape index (κ3) is 3.32. The summed E-state index contributed by atoms with van der Waals surface area (Å²) in [7, 11) is 1.89. The van der Waals surface area contributed by atoms with Crippen molar-refractivity contribution < 1.29 is 0 Å². The van der Waals surface area contributed by atoms with Crippen molar-refractivity contribution in [3.63, 3.8) is 0 Å². The average molecular weight is 236 g/mol. The topological polar surface area (TPSA) is 49.8 Å². The first-order chi connectivity index (χ1) is 7.90. The van der Waals surface area contributed by atoms with Gasteiger partial charge in [0, 0.05) is 18.7 Å². The van der Waals surface area contributed by atoms with Crippen molar-refractivity contribution >= 4 is 11.6 Å². The molecule has 0 bridgehead atoms. The molecule has 0 aliphatic carbocycles. The first-order valence-electron chi connectivity index (χ1n) is 6.18. The summed E-state index contributed by atoms with van der Waals surface area (Å²) in [6, 6.07) is 0.354. The Balaban J connectivity index is 2.98. The van der Waals surface area contributed by atoms with Crippen molar-refractivity contribution in [3.8, 4) is 0 Å². The van der Waals surface area contributed by atoms with E-state index in [1.54, 1.807) is 6.33 Å². The maximum atomic E-state index is 4.35. The van der Waals surface area contributed by atoms with E-state index in [4.69, 9.17) is 0 Å². The fraction of sp³-hybridized carbons (Fsp3) is 0.692. The second kappa shape index (κ2) is 5.34. The number of aromatic nitrogens is 2. The molecule has 0 aliphatic heterocycles. The van der Waals surface area contributed by atoms with Gasteiger partial charge in [-0.3, -0.25) is 0 Å². The molecule has 0 amide bonds. The van der Waals surface area contributed by atoms with E-state index in [9.17, 15) is 0 Å². The standard InChI is InChI=1S/C13H24N4/c1-7-10-11(14-6)15-8-16-12(10)17-9(2)13(3,4)5/h8-9H,7H2,1-6H3,(H2,14,15,16,17). The fourth-order valence-corrected chi connectivity index (χ4v) is 1.51. The van der Waals surface area contributed by atoms with Crippen LogP contribution in [0.2, 0.25) is 0 Å². The molecule has 0 saturated carbocycles. The molecular formula is C13H24N4. The molecule has 0 aromatic carbocycles. The van der Waals surface area contributed by atoms with E-state index in [1.807, 2.05) is 7.05 Å². The zero-order chi connectivity index (χ0) is 13.1. The quantitative estimate of drug-likeness (QED) is 0.844. The van der Waals surface area contributed by atoms with Crippen molar-refractivity contribution in [3.05, 3.63) is 11.9 Å². The summed E-state index contributed by atoms with van der Waals surface area (Å²) in [5, 5.41) is 6.59. The largest absolute Gasteiger partial charge is 0.373 e. The van der Waals surface area contributed by atoms with Gasteiger partial charge < -0.3 is 10.6 Å². The molecule has 1 aromatic heterocycles. The van der Waals surface area contributed by atoms with Gasteiger partial charge in [0.1, 0.15) is 18.0 Å². The van der Waals surface area contributed by atoms with Gasteiger partial charge in [0.15, 0.2) is 0 Å². The first kappa shape index (κ1) is 13.7. The van der Waals surface area contributed by atoms with Crippen LogP contribution in [0, 0.1) is 5.41 Å². The average Bonchev–Trinajstić information content (AvgIpc) is 2.27. The van der Waals surface area contributed by atoms with Crippen LogP contribution in [0.25, 0.3) is 0 Å². The monoisotopic (exact) mass is 236 g/mol. The second-order valence-corrected chi connectivity index (χ2v) is 5.39. The van der Waals surface area contributed by atoms with E-state index in [0.29, 0.717) is 6.04 Å². The highest BCUT2D eigenvalue weighted by atomic mass is 15.1. The van der Waals surface area contributed by atoms with Gasteiger partial charge in [-0.2, -0.15) is 0 Å². The van der Waals surface area contributed by atoms with E-state index < -0.39 is 0 Å². The van der Waals surface area contributed by atoms with E-state index in [1.165, 1.54) is 0 Å². The van der Waals surface area contributed by atoms with Crippen LogP contribution in [-0.2, 0) is 6.42 Å². The lowest BCUT2D eigenvalue weighted by molar-refractivity contribution is 0.358. The minimum Gasteiger partial charge on any atom is -0.373 e. The van der Waals surface area contributed by atoms with Crippen LogP contribution in [0.3, 0.4) is 0 Å². The van der Waals surface area contributed by atoms with E-state index >= 15 is 0 Å². The molecule has 4 nitrogen and oxygen atoms in total. The fourth-order valence-electron chi connectivity index (χ4n) is 1.51. The Bertz CT molecular complexity index is 368. The number of nitrogens with zero attached hydrogens (tertiary/aromatic N) is 2. The Kier molecular flexibility index (Phi) is 4.32. The third-order valence-corrected chi connectivity index (χ3v) is 3.19. The number of nitrogens with one attached hydrogen (secondary N) is 2. The van der Waals surface area contributed by atoms with Crippen LogP contribution in [0.4, 0.5) is 11.6 Å². The van der Waals surface area contributed by atoms with Gasteiger partial charge in [-0.15, -0.1) is 0 Å². The van der Waals surface area contributed by atoms with Gasteiger partial charge in [0.2, 0.25) is 0 Å². The lowest BCUT2D eigenvalue weighted by Crippen LogP contribution is -2.31. The lowest BCUT2D eigenvalue weighted by Gasteiger charge is -2.29. The Hall–Kier alpha value is -1.32. The summed E-state index contributed by atoms with van der Waals surface area (Å²) in [6.07, 6.45) is 2.51. The predicted octanol–water partition coefficient (Wildman–Crippen LogP) is 2.93. The summed E-state index contributed by atoms with van der Waals surface area (Å²) in [5.41, 5.74) is 1.35. The van der Waals surface area contributed by atoms with Gasteiger partial charge in [0.25, 0.3) is 0 Å². The molecule has 0 radical (unpaired) electrons. The van der Waals surface area contributed by atoms with Gasteiger partial charge in [-0.25, -0.2) is 9.97 Å². The minimum absolute atomic E-state index is 0.204. The molecule has 17 heavy (non-hydrogen) atoms. The van der Waals surface area contributed by atoms with Crippen LogP contribution in [-0.4, -0.2) is 23.1 Å². The van der Waals surface area contributed by atoms with Crippen molar-refractivity contribution in [1.82, 2.24) is 9.97 Å². The summed E-state index contributed by atoms with van der Waals surface area (Å²) < 4.78 is 0. The maximum absolute atomic E-state index is 4.35. The molecule has 96 valence electrons. The highest BCUT2D eigenvalue weighted by Gasteiger charge is 2.21. The molecule has 1 unspecified atom stereocenters. The summed E-state index contributed by atoms with van der Waals surface area (Å²) >= 11 is 0. The summed E-state index contributed by atoms with van der Waals surface area (Å²) in [4.78, 5) is 8.59. The Morgan fingerprint density at radius 1 is 1.24 bits per heavy atom. The minimum atomic E-state index is 0.204. The van der Waals surface area contributed by atoms with Crippen LogP contribution in [0.5, 0.6) is 0 Å². The van der Waals surface area contributed by atoms with E-state index in [0.717, 1.165) is 23.6 Å². The number of rotatable bonds is 4. The second-order valence-electron chi connectivity index (χ2n) is 5.39. The Labute approximate surface area is 104 Å². The highest BCUT2D eigenvalue weighted by molar-refractivity contribution is 5.57. The summed E-state index contributed by atoms with van der Waals surface area (Å²) in [6.45, 7) is 11.0. The van der Waals surface area contributed by atoms with Crippen LogP contribution < -0.4 is 10.6 Å². The Morgan fingerprint density at radius 2 is 1.82 bits per heavy atom. The molecule has 2 N–H and O–H groups in total. The SMILES string of the molecule is CCc1c(NC)ncnc1NC(C)C(C)(C)C. The molecule has 1 rings (SSSR count). The Morgan fingerprint density at radius 3 is 2.29 bits per heavy atom. The number of hydrogen-bond donors (Lipinski definition) is 2. The van der Waals surface area contributed by atoms with Gasteiger partial charge in [0.05, 0.1) is 0 Å². The third-order valence-electron chi connectivity index (χ3n) is 3.19. The smallest absolute Gasteiger partial charge is 0.134 e.